The molecule has 0 unspecified atom stereocenters. The minimum atomic E-state index is -0.266. The molecule has 0 aliphatic heterocycles. The second kappa shape index (κ2) is 7.41. The van der Waals surface area contributed by atoms with Crippen LogP contribution in [0.4, 0.5) is 5.69 Å². The third-order valence-electron chi connectivity index (χ3n) is 3.78. The fourth-order valence-electron chi connectivity index (χ4n) is 2.64. The Morgan fingerprint density at radius 3 is 2.80 bits per heavy atom. The lowest BCUT2D eigenvalue weighted by Gasteiger charge is -2.10. The van der Waals surface area contributed by atoms with E-state index in [1.807, 2.05) is 31.2 Å². The van der Waals surface area contributed by atoms with E-state index in [1.165, 1.54) is 18.4 Å². The van der Waals surface area contributed by atoms with Crippen LogP contribution in [0, 0.1) is 0 Å². The summed E-state index contributed by atoms with van der Waals surface area (Å²) >= 11 is 4.56. The van der Waals surface area contributed by atoms with Crippen molar-refractivity contribution < 1.29 is 9.53 Å². The maximum Gasteiger partial charge on any atom is 0.308 e. The molecule has 0 atom stereocenters. The van der Waals surface area contributed by atoms with Crippen molar-refractivity contribution in [2.75, 3.05) is 12.4 Å². The highest BCUT2D eigenvalue weighted by atomic mass is 79.9. The molecule has 130 valence electrons. The number of amides is 1. The molecule has 25 heavy (non-hydrogen) atoms. The van der Waals surface area contributed by atoms with Gasteiger partial charge in [-0.2, -0.15) is 0 Å². The summed E-state index contributed by atoms with van der Waals surface area (Å²) in [6, 6.07) is 10.8. The highest BCUT2D eigenvalue weighted by molar-refractivity contribution is 9.10. The van der Waals surface area contributed by atoms with Crippen LogP contribution in [-0.2, 0) is 6.54 Å². The van der Waals surface area contributed by atoms with Crippen LogP contribution in [0.2, 0.25) is 0 Å². The van der Waals surface area contributed by atoms with Crippen LogP contribution in [0.25, 0.3) is 10.2 Å². The molecule has 1 N–H and O–H groups in total. The van der Waals surface area contributed by atoms with Crippen molar-refractivity contribution >= 4 is 49.1 Å². The Kier molecular flexibility index (Phi) is 5.24. The van der Waals surface area contributed by atoms with Crippen LogP contribution in [0.5, 0.6) is 5.75 Å². The van der Waals surface area contributed by atoms with Gasteiger partial charge in [0.15, 0.2) is 0 Å². The minimum Gasteiger partial charge on any atom is -0.496 e. The fourth-order valence-corrected chi connectivity index (χ4v) is 3.95. The summed E-state index contributed by atoms with van der Waals surface area (Å²) in [5.41, 5.74) is 1.98. The molecule has 0 aliphatic rings. The van der Waals surface area contributed by atoms with Crippen molar-refractivity contribution in [1.82, 2.24) is 4.57 Å². The number of nitrogens with zero attached hydrogens (tertiary/aromatic N) is 1. The Hall–Kier alpha value is -2.12. The van der Waals surface area contributed by atoms with Gasteiger partial charge in [-0.05, 0) is 42.8 Å². The molecule has 3 aromatic rings. The number of benzene rings is 2. The summed E-state index contributed by atoms with van der Waals surface area (Å²) < 4.78 is 8.67. The van der Waals surface area contributed by atoms with Gasteiger partial charge < -0.3 is 10.1 Å². The Labute approximate surface area is 157 Å². The summed E-state index contributed by atoms with van der Waals surface area (Å²) in [4.78, 5) is 24.7. The number of nitrogens with one attached hydrogen (secondary N) is 1. The van der Waals surface area contributed by atoms with E-state index in [0.717, 1.165) is 21.1 Å². The normalized spacial score (nSPS) is 10.8. The van der Waals surface area contributed by atoms with Crippen LogP contribution < -0.4 is 14.9 Å². The Morgan fingerprint density at radius 1 is 1.28 bits per heavy atom. The monoisotopic (exact) mass is 420 g/mol. The Bertz CT molecular complexity index is 994. The molecule has 1 heterocycles. The Balaban J connectivity index is 1.92. The van der Waals surface area contributed by atoms with E-state index in [9.17, 15) is 9.59 Å². The lowest BCUT2D eigenvalue weighted by Crippen LogP contribution is -2.13. The Morgan fingerprint density at radius 2 is 2.08 bits per heavy atom. The highest BCUT2D eigenvalue weighted by Gasteiger charge is 2.14. The van der Waals surface area contributed by atoms with Crippen molar-refractivity contribution in [3.8, 4) is 5.75 Å². The number of thiazole rings is 1. The lowest BCUT2D eigenvalue weighted by atomic mass is 10.2. The van der Waals surface area contributed by atoms with Crippen molar-refractivity contribution in [1.29, 1.82) is 0 Å². The second-order valence-electron chi connectivity index (χ2n) is 5.50. The van der Waals surface area contributed by atoms with Gasteiger partial charge in [0, 0.05) is 16.7 Å². The molecule has 5 nitrogen and oxygen atoms in total. The van der Waals surface area contributed by atoms with Gasteiger partial charge in [-0.3, -0.25) is 14.2 Å². The topological polar surface area (TPSA) is 60.3 Å². The van der Waals surface area contributed by atoms with Crippen LogP contribution in [0.3, 0.4) is 0 Å². The first kappa shape index (κ1) is 17.7. The smallest absolute Gasteiger partial charge is 0.308 e. The molecule has 1 aromatic heterocycles. The molecule has 7 heteroatoms. The van der Waals surface area contributed by atoms with E-state index in [1.54, 1.807) is 16.7 Å². The van der Waals surface area contributed by atoms with E-state index in [4.69, 9.17) is 4.74 Å². The van der Waals surface area contributed by atoms with Crippen LogP contribution in [0.15, 0.2) is 45.7 Å². The van der Waals surface area contributed by atoms with E-state index >= 15 is 0 Å². The average Bonchev–Trinajstić information content (AvgIpc) is 2.90. The molecular formula is C18H17BrN2O3S. The summed E-state index contributed by atoms with van der Waals surface area (Å²) in [7, 11) is 1.53. The first-order valence-corrected chi connectivity index (χ1v) is 9.42. The molecule has 0 aliphatic carbocycles. The predicted octanol–water partition coefficient (Wildman–Crippen LogP) is 4.50. The van der Waals surface area contributed by atoms with Crippen LogP contribution in [0.1, 0.15) is 23.7 Å². The highest BCUT2D eigenvalue weighted by Crippen LogP contribution is 2.26. The number of hydrogen-bond acceptors (Lipinski definition) is 4. The number of anilines is 1. The van der Waals surface area contributed by atoms with Gasteiger partial charge in [0.1, 0.15) is 5.75 Å². The standard InChI is InChI=1S/C18H17BrN2O3S/c1-3-8-21-14-6-5-12(10-16(14)25-18(21)23)20-17(22)13-9-11(19)4-7-15(13)24-2/h4-7,9-10H,3,8H2,1-2H3,(H,20,22). The second-order valence-corrected chi connectivity index (χ2v) is 7.41. The molecule has 1 amide bonds. The molecule has 0 saturated carbocycles. The first-order valence-electron chi connectivity index (χ1n) is 7.81. The number of hydrogen-bond donors (Lipinski definition) is 1. The zero-order valence-corrected chi connectivity index (χ0v) is 16.2. The molecule has 3 rings (SSSR count). The van der Waals surface area contributed by atoms with Crippen molar-refractivity contribution in [2.24, 2.45) is 0 Å². The number of methoxy groups -OCH3 is 1. The van der Waals surface area contributed by atoms with E-state index in [0.29, 0.717) is 23.5 Å². The number of carbonyl (C=O) groups is 1. The van der Waals surface area contributed by atoms with Crippen molar-refractivity contribution in [3.63, 3.8) is 0 Å². The third-order valence-corrected chi connectivity index (χ3v) is 5.21. The van der Waals surface area contributed by atoms with E-state index in [2.05, 4.69) is 21.2 Å². The molecule has 0 saturated heterocycles. The number of fused-ring (bicyclic) bond motifs is 1. The molecule has 0 bridgehead atoms. The SMILES string of the molecule is CCCn1c(=O)sc2cc(NC(=O)c3cc(Br)ccc3OC)ccc21. The van der Waals surface area contributed by atoms with Gasteiger partial charge >= 0.3 is 4.87 Å². The predicted molar refractivity (Wildman–Crippen MR) is 105 cm³/mol. The molecular weight excluding hydrogens is 404 g/mol. The zero-order chi connectivity index (χ0) is 18.0. The number of halogens is 1. The van der Waals surface area contributed by atoms with Gasteiger partial charge in [-0.1, -0.05) is 34.2 Å². The zero-order valence-electron chi connectivity index (χ0n) is 13.8. The average molecular weight is 421 g/mol. The van der Waals surface area contributed by atoms with Gasteiger partial charge in [0.2, 0.25) is 0 Å². The summed E-state index contributed by atoms with van der Waals surface area (Å²) in [5, 5.41) is 2.87. The lowest BCUT2D eigenvalue weighted by molar-refractivity contribution is 0.102. The van der Waals surface area contributed by atoms with Gasteiger partial charge in [-0.15, -0.1) is 0 Å². The van der Waals surface area contributed by atoms with Gasteiger partial charge in [0.05, 0.1) is 22.9 Å². The quantitative estimate of drug-likeness (QED) is 0.660. The number of aromatic nitrogens is 1. The number of carbonyl (C=O) groups excluding carboxylic acids is 1. The summed E-state index contributed by atoms with van der Waals surface area (Å²) in [6.07, 6.45) is 0.896. The fraction of sp³-hybridized carbons (Fsp3) is 0.222. The minimum absolute atomic E-state index is 0.0222. The first-order chi connectivity index (χ1) is 12.0. The maximum atomic E-state index is 12.6. The van der Waals surface area contributed by atoms with Gasteiger partial charge in [-0.25, -0.2) is 0 Å². The third kappa shape index (κ3) is 3.62. The summed E-state index contributed by atoms with van der Waals surface area (Å²) in [6.45, 7) is 2.73. The number of aryl methyl sites for hydroxylation is 1. The molecule has 0 radical (unpaired) electrons. The van der Waals surface area contributed by atoms with Crippen LogP contribution in [-0.4, -0.2) is 17.6 Å². The van der Waals surface area contributed by atoms with E-state index < -0.39 is 0 Å². The maximum absolute atomic E-state index is 12.6. The van der Waals surface area contributed by atoms with Crippen molar-refractivity contribution in [3.05, 3.63) is 56.1 Å². The number of rotatable bonds is 5. The van der Waals surface area contributed by atoms with Crippen LogP contribution >= 0.6 is 27.3 Å². The number of ether oxygens (including phenoxy) is 1. The van der Waals surface area contributed by atoms with Crippen molar-refractivity contribution in [2.45, 2.75) is 19.9 Å². The molecule has 0 fully saturated rings. The molecule has 2 aromatic carbocycles. The summed E-state index contributed by atoms with van der Waals surface area (Å²) in [5.74, 6) is 0.235. The van der Waals surface area contributed by atoms with Gasteiger partial charge in [0.25, 0.3) is 5.91 Å². The molecule has 0 spiro atoms. The van der Waals surface area contributed by atoms with E-state index in [-0.39, 0.29) is 10.8 Å². The largest absolute Gasteiger partial charge is 0.496 e.